The molecule has 2 aromatic rings. The summed E-state index contributed by atoms with van der Waals surface area (Å²) in [5.41, 5.74) is 2.52. The Kier molecular flexibility index (Phi) is 6.37. The maximum absolute atomic E-state index is 12.1. The van der Waals surface area contributed by atoms with E-state index < -0.39 is 12.0 Å². The van der Waals surface area contributed by atoms with Gasteiger partial charge < -0.3 is 14.3 Å². The van der Waals surface area contributed by atoms with E-state index in [0.29, 0.717) is 23.8 Å². The third-order valence-electron chi connectivity index (χ3n) is 4.36. The van der Waals surface area contributed by atoms with Gasteiger partial charge in [0.1, 0.15) is 11.8 Å². The lowest BCUT2D eigenvalue weighted by Gasteiger charge is -2.32. The van der Waals surface area contributed by atoms with E-state index in [4.69, 9.17) is 9.15 Å². The molecule has 7 heteroatoms. The Hall–Kier alpha value is -2.41. The minimum atomic E-state index is -0.919. The fourth-order valence-electron chi connectivity index (χ4n) is 3.16. The number of rotatable bonds is 8. The Balaban J connectivity index is 2.43. The van der Waals surface area contributed by atoms with E-state index in [2.05, 4.69) is 10.2 Å². The van der Waals surface area contributed by atoms with Crippen LogP contribution in [0.1, 0.15) is 55.3 Å². The molecule has 0 saturated heterocycles. The van der Waals surface area contributed by atoms with Crippen molar-refractivity contribution in [1.82, 2.24) is 15.1 Å². The number of ether oxygens (including phenoxy) is 1. The largest absolute Gasteiger partial charge is 0.496 e. The molecule has 0 bridgehead atoms. The van der Waals surface area contributed by atoms with Crippen LogP contribution in [-0.2, 0) is 17.8 Å². The van der Waals surface area contributed by atoms with E-state index in [1.54, 1.807) is 7.11 Å². The van der Waals surface area contributed by atoms with Gasteiger partial charge in [0.2, 0.25) is 11.8 Å². The molecule has 26 heavy (non-hydrogen) atoms. The minimum Gasteiger partial charge on any atom is -0.496 e. The molecule has 1 atom stereocenters. The molecule has 0 aliphatic heterocycles. The SMILES string of the molecule is CCc1nnc(CN(C(C)C)[C@H](C(=O)O)c2cc(C)c(OC)c(C)c2)o1. The first kappa shape index (κ1) is 19.9. The average Bonchev–Trinajstić information content (AvgIpc) is 3.01. The summed E-state index contributed by atoms with van der Waals surface area (Å²) in [6, 6.07) is 2.88. The van der Waals surface area contributed by atoms with Crippen molar-refractivity contribution in [3.8, 4) is 5.75 Å². The summed E-state index contributed by atoms with van der Waals surface area (Å²) >= 11 is 0. The van der Waals surface area contributed by atoms with Crippen LogP contribution in [-0.4, -0.2) is 39.3 Å². The van der Waals surface area contributed by atoms with Crippen molar-refractivity contribution in [3.63, 3.8) is 0 Å². The summed E-state index contributed by atoms with van der Waals surface area (Å²) in [4.78, 5) is 14.0. The summed E-state index contributed by atoms with van der Waals surface area (Å²) in [5.74, 6) is 0.826. The normalized spacial score (nSPS) is 12.6. The lowest BCUT2D eigenvalue weighted by molar-refractivity contribution is -0.145. The number of benzene rings is 1. The van der Waals surface area contributed by atoms with Crippen molar-refractivity contribution in [2.24, 2.45) is 0 Å². The quantitative estimate of drug-likeness (QED) is 0.771. The van der Waals surface area contributed by atoms with E-state index >= 15 is 0 Å². The van der Waals surface area contributed by atoms with Gasteiger partial charge in [-0.25, -0.2) is 0 Å². The number of carboxylic acids is 1. The third-order valence-corrected chi connectivity index (χ3v) is 4.36. The number of aliphatic carboxylic acids is 1. The third kappa shape index (κ3) is 4.22. The summed E-state index contributed by atoms with van der Waals surface area (Å²) in [5, 5.41) is 17.9. The monoisotopic (exact) mass is 361 g/mol. The standard InChI is InChI=1S/C19H27N3O4/c1-7-15-20-21-16(26-15)10-22(11(2)3)17(19(23)24)14-8-12(4)18(25-6)13(5)9-14/h8-9,11,17H,7,10H2,1-6H3,(H,23,24)/t17-/m0/s1. The zero-order chi connectivity index (χ0) is 19.4. The highest BCUT2D eigenvalue weighted by Gasteiger charge is 2.31. The molecule has 0 unspecified atom stereocenters. The van der Waals surface area contributed by atoms with Gasteiger partial charge >= 0.3 is 5.97 Å². The zero-order valence-corrected chi connectivity index (χ0v) is 16.2. The number of aromatic nitrogens is 2. The molecule has 1 heterocycles. The van der Waals surface area contributed by atoms with E-state index in [1.807, 2.05) is 51.7 Å². The van der Waals surface area contributed by atoms with Crippen LogP contribution >= 0.6 is 0 Å². The molecule has 0 aliphatic carbocycles. The number of methoxy groups -OCH3 is 1. The second kappa shape index (κ2) is 8.31. The van der Waals surface area contributed by atoms with E-state index in [1.165, 1.54) is 0 Å². The van der Waals surface area contributed by atoms with Crippen molar-refractivity contribution >= 4 is 5.97 Å². The first-order valence-electron chi connectivity index (χ1n) is 8.73. The van der Waals surface area contributed by atoms with Crippen LogP contribution < -0.4 is 4.74 Å². The highest BCUT2D eigenvalue weighted by molar-refractivity contribution is 5.76. The van der Waals surface area contributed by atoms with Crippen LogP contribution in [0.4, 0.5) is 0 Å². The number of hydrogen-bond acceptors (Lipinski definition) is 6. The fraction of sp³-hybridized carbons (Fsp3) is 0.526. The van der Waals surface area contributed by atoms with Gasteiger partial charge in [-0.1, -0.05) is 19.1 Å². The van der Waals surface area contributed by atoms with E-state index in [9.17, 15) is 9.90 Å². The predicted octanol–water partition coefficient (Wildman–Crippen LogP) is 3.29. The molecule has 1 aromatic heterocycles. The predicted molar refractivity (Wildman–Crippen MR) is 97.2 cm³/mol. The maximum atomic E-state index is 12.1. The Bertz CT molecular complexity index is 747. The summed E-state index contributed by atoms with van der Waals surface area (Å²) < 4.78 is 11.0. The highest BCUT2D eigenvalue weighted by atomic mass is 16.5. The van der Waals surface area contributed by atoms with Gasteiger partial charge in [-0.15, -0.1) is 10.2 Å². The van der Waals surface area contributed by atoms with Gasteiger partial charge in [0.25, 0.3) is 0 Å². The first-order valence-corrected chi connectivity index (χ1v) is 8.73. The number of carbonyl (C=O) groups is 1. The smallest absolute Gasteiger partial charge is 0.325 e. The topological polar surface area (TPSA) is 88.7 Å². The van der Waals surface area contributed by atoms with Crippen LogP contribution in [0, 0.1) is 13.8 Å². The maximum Gasteiger partial charge on any atom is 0.325 e. The van der Waals surface area contributed by atoms with E-state index in [-0.39, 0.29) is 12.6 Å². The molecular formula is C19H27N3O4. The second-order valence-electron chi connectivity index (χ2n) is 6.64. The molecular weight excluding hydrogens is 334 g/mol. The van der Waals surface area contributed by atoms with Crippen molar-refractivity contribution in [2.75, 3.05) is 7.11 Å². The molecule has 7 nitrogen and oxygen atoms in total. The Morgan fingerprint density at radius 2 is 1.81 bits per heavy atom. The minimum absolute atomic E-state index is 0.0317. The van der Waals surface area contributed by atoms with Crippen LogP contribution in [0.2, 0.25) is 0 Å². The molecule has 1 N–H and O–H groups in total. The number of hydrogen-bond donors (Lipinski definition) is 1. The van der Waals surface area contributed by atoms with Gasteiger partial charge in [0.15, 0.2) is 0 Å². The zero-order valence-electron chi connectivity index (χ0n) is 16.2. The molecule has 0 spiro atoms. The van der Waals surface area contributed by atoms with E-state index in [0.717, 1.165) is 16.9 Å². The van der Waals surface area contributed by atoms with Crippen molar-refractivity contribution in [3.05, 3.63) is 40.6 Å². The van der Waals surface area contributed by atoms with Crippen LogP contribution in [0.3, 0.4) is 0 Å². The lowest BCUT2D eigenvalue weighted by atomic mass is 9.98. The van der Waals surface area contributed by atoms with Crippen LogP contribution in [0.15, 0.2) is 16.5 Å². The van der Waals surface area contributed by atoms with Gasteiger partial charge in [-0.3, -0.25) is 9.69 Å². The van der Waals surface area contributed by atoms with Gasteiger partial charge in [0, 0.05) is 12.5 Å². The molecule has 0 fully saturated rings. The average molecular weight is 361 g/mol. The van der Waals surface area contributed by atoms with Crippen molar-refractivity contribution in [1.29, 1.82) is 0 Å². The molecule has 2 rings (SSSR count). The number of aryl methyl sites for hydroxylation is 3. The molecule has 0 radical (unpaired) electrons. The molecule has 142 valence electrons. The molecule has 0 saturated carbocycles. The summed E-state index contributed by atoms with van der Waals surface area (Å²) in [6.07, 6.45) is 0.647. The van der Waals surface area contributed by atoms with Crippen molar-refractivity contribution in [2.45, 2.75) is 59.7 Å². The van der Waals surface area contributed by atoms with Gasteiger partial charge in [0.05, 0.1) is 13.7 Å². The number of carboxylic acid groups (broad SMARTS) is 1. The van der Waals surface area contributed by atoms with Crippen molar-refractivity contribution < 1.29 is 19.1 Å². The highest BCUT2D eigenvalue weighted by Crippen LogP contribution is 2.31. The lowest BCUT2D eigenvalue weighted by Crippen LogP contribution is -2.38. The van der Waals surface area contributed by atoms with Crippen LogP contribution in [0.5, 0.6) is 5.75 Å². The van der Waals surface area contributed by atoms with Gasteiger partial charge in [-0.05, 0) is 44.4 Å². The summed E-state index contributed by atoms with van der Waals surface area (Å²) in [7, 11) is 1.62. The Morgan fingerprint density at radius 1 is 1.23 bits per heavy atom. The Morgan fingerprint density at radius 3 is 2.23 bits per heavy atom. The van der Waals surface area contributed by atoms with Crippen LogP contribution in [0.25, 0.3) is 0 Å². The molecule has 0 amide bonds. The fourth-order valence-corrected chi connectivity index (χ4v) is 3.16. The van der Waals surface area contributed by atoms with Gasteiger partial charge in [-0.2, -0.15) is 0 Å². The second-order valence-corrected chi connectivity index (χ2v) is 6.64. The summed E-state index contributed by atoms with van der Waals surface area (Å²) in [6.45, 7) is 9.94. The molecule has 0 aliphatic rings. The first-order chi connectivity index (χ1) is 12.3. The number of nitrogens with zero attached hydrogens (tertiary/aromatic N) is 3. The molecule has 1 aromatic carbocycles. The Labute approximate surface area is 154 Å².